The number of pyridine rings is 1. The number of likely N-dealkylation sites (tertiary alicyclic amines) is 1. The summed E-state index contributed by atoms with van der Waals surface area (Å²) < 4.78 is 3.72. The summed E-state index contributed by atoms with van der Waals surface area (Å²) in [6.45, 7) is 4.30. The molecule has 4 aromatic rings. The van der Waals surface area contributed by atoms with E-state index in [0.29, 0.717) is 5.02 Å². The van der Waals surface area contributed by atoms with Gasteiger partial charge in [0.15, 0.2) is 0 Å². The van der Waals surface area contributed by atoms with Crippen molar-refractivity contribution in [3.05, 3.63) is 82.4 Å². The smallest absolute Gasteiger partial charge is 0.255 e. The van der Waals surface area contributed by atoms with Crippen LogP contribution in [-0.2, 0) is 6.54 Å². The Morgan fingerprint density at radius 1 is 0.935 bits per heavy atom. The van der Waals surface area contributed by atoms with Gasteiger partial charge in [-0.15, -0.1) is 12.4 Å². The normalized spacial score (nSPS) is 14.1. The van der Waals surface area contributed by atoms with E-state index >= 15 is 0 Å². The van der Waals surface area contributed by atoms with Crippen molar-refractivity contribution in [3.63, 3.8) is 0 Å². The lowest BCUT2D eigenvalue weighted by Crippen LogP contribution is -2.24. The Morgan fingerprint density at radius 2 is 1.74 bits per heavy atom. The summed E-state index contributed by atoms with van der Waals surface area (Å²) >= 11 is 6.08. The van der Waals surface area contributed by atoms with E-state index in [1.807, 2.05) is 54.9 Å². The summed E-state index contributed by atoms with van der Waals surface area (Å²) in [7, 11) is 0. The second kappa shape index (κ2) is 9.27. The van der Waals surface area contributed by atoms with Crippen LogP contribution in [0.1, 0.15) is 12.8 Å². The predicted molar refractivity (Wildman–Crippen MR) is 129 cm³/mol. The fraction of sp³-hybridized carbons (Fsp3) is 0.250. The number of hydrogen-bond acceptors (Lipinski definition) is 3. The quantitative estimate of drug-likeness (QED) is 0.424. The molecule has 0 amide bonds. The number of nitrogens with zero attached hydrogens (tertiary/aromatic N) is 4. The van der Waals surface area contributed by atoms with E-state index < -0.39 is 0 Å². The van der Waals surface area contributed by atoms with E-state index in [1.165, 1.54) is 25.9 Å². The molecule has 1 fully saturated rings. The van der Waals surface area contributed by atoms with Gasteiger partial charge in [-0.2, -0.15) is 5.10 Å². The lowest BCUT2D eigenvalue weighted by atomic mass is 10.1. The minimum Gasteiger partial charge on any atom is -0.301 e. The molecule has 0 saturated carbocycles. The standard InChI is InChI=1S/C24H23ClN4O.ClH/c25-21-5-3-4-18(14-21)19-8-11-28(24(30)16-19)22-6-7-23-20(15-22)17-26-29(23)13-12-27-9-1-2-10-27;/h3-8,11,14-17H,1-2,9-10,12-13H2;1H. The summed E-state index contributed by atoms with van der Waals surface area (Å²) in [4.78, 5) is 15.3. The van der Waals surface area contributed by atoms with Crippen molar-refractivity contribution in [2.75, 3.05) is 19.6 Å². The number of fused-ring (bicyclic) bond motifs is 1. The van der Waals surface area contributed by atoms with Crippen LogP contribution >= 0.6 is 24.0 Å². The monoisotopic (exact) mass is 454 g/mol. The van der Waals surface area contributed by atoms with Gasteiger partial charge in [0.1, 0.15) is 0 Å². The molecular weight excluding hydrogens is 431 g/mol. The summed E-state index contributed by atoms with van der Waals surface area (Å²) in [6, 6.07) is 17.2. The van der Waals surface area contributed by atoms with Crippen molar-refractivity contribution >= 4 is 34.9 Å². The lowest BCUT2D eigenvalue weighted by Gasteiger charge is -2.14. The number of halogens is 2. The summed E-state index contributed by atoms with van der Waals surface area (Å²) in [5, 5.41) is 6.26. The topological polar surface area (TPSA) is 43.1 Å². The SMILES string of the molecule is Cl.O=c1cc(-c2cccc(Cl)c2)ccn1-c1ccc2c(cnn2CCN2CCCC2)c1. The number of aromatic nitrogens is 3. The first kappa shape index (κ1) is 21.6. The van der Waals surface area contributed by atoms with E-state index in [1.54, 1.807) is 10.6 Å². The molecule has 1 saturated heterocycles. The van der Waals surface area contributed by atoms with E-state index in [4.69, 9.17) is 11.6 Å². The van der Waals surface area contributed by atoms with Crippen molar-refractivity contribution in [2.24, 2.45) is 0 Å². The lowest BCUT2D eigenvalue weighted by molar-refractivity contribution is 0.318. The highest BCUT2D eigenvalue weighted by Crippen LogP contribution is 2.23. The molecule has 3 heterocycles. The number of hydrogen-bond donors (Lipinski definition) is 0. The first-order chi connectivity index (χ1) is 14.7. The zero-order valence-corrected chi connectivity index (χ0v) is 18.6. The molecule has 1 aliphatic heterocycles. The van der Waals surface area contributed by atoms with E-state index in [0.717, 1.165) is 40.8 Å². The van der Waals surface area contributed by atoms with Gasteiger partial charge in [-0.3, -0.25) is 14.0 Å². The second-order valence-electron chi connectivity index (χ2n) is 7.79. The molecule has 0 unspecified atom stereocenters. The molecule has 0 radical (unpaired) electrons. The van der Waals surface area contributed by atoms with Crippen molar-refractivity contribution in [3.8, 4) is 16.8 Å². The molecule has 0 bridgehead atoms. The van der Waals surface area contributed by atoms with Crippen molar-refractivity contribution < 1.29 is 0 Å². The fourth-order valence-corrected chi connectivity index (χ4v) is 4.38. The maximum Gasteiger partial charge on any atom is 0.255 e. The molecule has 7 heteroatoms. The van der Waals surface area contributed by atoms with Crippen LogP contribution in [0.4, 0.5) is 0 Å². The predicted octanol–water partition coefficient (Wildman–Crippen LogP) is 5.03. The third-order valence-electron chi connectivity index (χ3n) is 5.81. The Kier molecular flexibility index (Phi) is 6.46. The Labute approximate surface area is 192 Å². The van der Waals surface area contributed by atoms with Gasteiger partial charge in [-0.1, -0.05) is 23.7 Å². The second-order valence-corrected chi connectivity index (χ2v) is 8.23. The molecule has 5 nitrogen and oxygen atoms in total. The maximum atomic E-state index is 12.8. The molecule has 5 rings (SSSR count). The van der Waals surface area contributed by atoms with Gasteiger partial charge in [-0.25, -0.2) is 0 Å². The maximum absolute atomic E-state index is 12.8. The van der Waals surface area contributed by atoms with Gasteiger partial charge in [0.05, 0.1) is 18.3 Å². The third kappa shape index (κ3) is 4.54. The Morgan fingerprint density at radius 3 is 2.52 bits per heavy atom. The van der Waals surface area contributed by atoms with Crippen LogP contribution in [0.15, 0.2) is 71.8 Å². The van der Waals surface area contributed by atoms with E-state index in [9.17, 15) is 4.79 Å². The van der Waals surface area contributed by atoms with Crippen molar-refractivity contribution in [2.45, 2.75) is 19.4 Å². The zero-order valence-electron chi connectivity index (χ0n) is 17.1. The molecule has 1 aliphatic rings. The van der Waals surface area contributed by atoms with Gasteiger partial charge in [0.25, 0.3) is 5.56 Å². The summed E-state index contributed by atoms with van der Waals surface area (Å²) in [5.41, 5.74) is 3.65. The first-order valence-electron chi connectivity index (χ1n) is 10.3. The van der Waals surface area contributed by atoms with E-state index in [-0.39, 0.29) is 18.0 Å². The Bertz CT molecular complexity index is 1260. The fourth-order valence-electron chi connectivity index (χ4n) is 4.18. The first-order valence-corrected chi connectivity index (χ1v) is 10.7. The van der Waals surface area contributed by atoms with Crippen molar-refractivity contribution in [1.29, 1.82) is 0 Å². The van der Waals surface area contributed by atoms with Crippen LogP contribution in [-0.4, -0.2) is 38.9 Å². The molecule has 0 N–H and O–H groups in total. The molecule has 0 aliphatic carbocycles. The van der Waals surface area contributed by atoms with Crippen LogP contribution in [0.2, 0.25) is 5.02 Å². The van der Waals surface area contributed by atoms with Crippen LogP contribution in [0, 0.1) is 0 Å². The number of benzene rings is 2. The molecule has 31 heavy (non-hydrogen) atoms. The minimum atomic E-state index is -0.0757. The van der Waals surface area contributed by atoms with Crippen LogP contribution in [0.5, 0.6) is 0 Å². The molecule has 0 spiro atoms. The average molecular weight is 455 g/mol. The van der Waals surface area contributed by atoms with E-state index in [2.05, 4.69) is 20.7 Å². The van der Waals surface area contributed by atoms with Gasteiger partial charge in [0, 0.05) is 34.9 Å². The Hall–Kier alpha value is -2.60. The molecule has 160 valence electrons. The molecule has 2 aromatic carbocycles. The largest absolute Gasteiger partial charge is 0.301 e. The van der Waals surface area contributed by atoms with Gasteiger partial charge in [-0.05, 0) is 73.5 Å². The van der Waals surface area contributed by atoms with Crippen LogP contribution in [0.25, 0.3) is 27.7 Å². The van der Waals surface area contributed by atoms with Gasteiger partial charge >= 0.3 is 0 Å². The zero-order chi connectivity index (χ0) is 20.5. The highest BCUT2D eigenvalue weighted by molar-refractivity contribution is 6.30. The molecular formula is C24H24Cl2N4O. The van der Waals surface area contributed by atoms with Gasteiger partial charge < -0.3 is 4.90 Å². The molecule has 2 aromatic heterocycles. The Balaban J connectivity index is 0.00000231. The highest BCUT2D eigenvalue weighted by Gasteiger charge is 2.12. The molecule has 0 atom stereocenters. The van der Waals surface area contributed by atoms with Gasteiger partial charge in [0.2, 0.25) is 0 Å². The summed E-state index contributed by atoms with van der Waals surface area (Å²) in [6.07, 6.45) is 6.30. The van der Waals surface area contributed by atoms with Crippen LogP contribution in [0.3, 0.4) is 0 Å². The number of rotatable bonds is 5. The average Bonchev–Trinajstić information content (AvgIpc) is 3.41. The summed E-state index contributed by atoms with van der Waals surface area (Å²) in [5.74, 6) is 0. The highest BCUT2D eigenvalue weighted by atomic mass is 35.5. The van der Waals surface area contributed by atoms with Crippen LogP contribution < -0.4 is 5.56 Å². The minimum absolute atomic E-state index is 0. The third-order valence-corrected chi connectivity index (χ3v) is 6.04. The van der Waals surface area contributed by atoms with Crippen molar-refractivity contribution in [1.82, 2.24) is 19.2 Å².